The first-order valence-electron chi connectivity index (χ1n) is 8.87. The lowest BCUT2D eigenvalue weighted by atomic mass is 10.2. The Bertz CT molecular complexity index is 1070. The maximum absolute atomic E-state index is 12.4. The van der Waals surface area contributed by atoms with E-state index in [1.807, 2.05) is 35.8 Å². The summed E-state index contributed by atoms with van der Waals surface area (Å²) in [5.74, 6) is 0.778. The number of nitrogens with one attached hydrogen (secondary N) is 1. The molecule has 2 aromatic carbocycles. The minimum absolute atomic E-state index is 0.0598. The lowest BCUT2D eigenvalue weighted by molar-refractivity contribution is -0.384. The smallest absolute Gasteiger partial charge is 0.271 e. The third-order valence-corrected chi connectivity index (χ3v) is 5.63. The van der Waals surface area contributed by atoms with Gasteiger partial charge in [-0.25, -0.2) is 0 Å². The second-order valence-electron chi connectivity index (χ2n) is 6.04. The Balaban J connectivity index is 1.72. The molecule has 3 aromatic rings. The predicted molar refractivity (Wildman–Crippen MR) is 118 cm³/mol. The van der Waals surface area contributed by atoms with Crippen LogP contribution in [0.4, 0.5) is 11.4 Å². The Kier molecular flexibility index (Phi) is 7.06. The molecule has 0 aliphatic carbocycles. The summed E-state index contributed by atoms with van der Waals surface area (Å²) >= 11 is 4.65. The summed E-state index contributed by atoms with van der Waals surface area (Å²) in [6, 6.07) is 11.8. The van der Waals surface area contributed by atoms with Crippen molar-refractivity contribution in [1.29, 1.82) is 0 Å². The zero-order valence-electron chi connectivity index (χ0n) is 16.2. The average molecular weight is 492 g/mol. The van der Waals surface area contributed by atoms with Gasteiger partial charge in [-0.3, -0.25) is 14.9 Å². The first-order valence-corrected chi connectivity index (χ1v) is 10.6. The van der Waals surface area contributed by atoms with Crippen LogP contribution < -0.4 is 10.1 Å². The molecule has 0 saturated heterocycles. The second kappa shape index (κ2) is 9.72. The molecule has 1 aromatic heterocycles. The van der Waals surface area contributed by atoms with Gasteiger partial charge >= 0.3 is 0 Å². The summed E-state index contributed by atoms with van der Waals surface area (Å²) in [7, 11) is 1.43. The maximum atomic E-state index is 12.4. The van der Waals surface area contributed by atoms with Crippen molar-refractivity contribution < 1.29 is 14.5 Å². The van der Waals surface area contributed by atoms with E-state index in [0.29, 0.717) is 23.3 Å². The highest BCUT2D eigenvalue weighted by molar-refractivity contribution is 9.10. The summed E-state index contributed by atoms with van der Waals surface area (Å²) in [5.41, 5.74) is 1.03. The number of ether oxygens (including phenoxy) is 1. The van der Waals surface area contributed by atoms with E-state index in [2.05, 4.69) is 31.4 Å². The van der Waals surface area contributed by atoms with Crippen molar-refractivity contribution in [1.82, 2.24) is 14.8 Å². The number of benzene rings is 2. The maximum Gasteiger partial charge on any atom is 0.271 e. The number of anilines is 1. The van der Waals surface area contributed by atoms with Gasteiger partial charge in [-0.2, -0.15) is 0 Å². The largest absolute Gasteiger partial charge is 0.495 e. The quantitative estimate of drug-likeness (QED) is 0.282. The monoisotopic (exact) mass is 491 g/mol. The van der Waals surface area contributed by atoms with Gasteiger partial charge in [0.1, 0.15) is 5.75 Å². The van der Waals surface area contributed by atoms with Gasteiger partial charge in [-0.1, -0.05) is 39.8 Å². The molecule has 156 valence electrons. The van der Waals surface area contributed by atoms with E-state index in [9.17, 15) is 14.9 Å². The van der Waals surface area contributed by atoms with Crippen molar-refractivity contribution in [2.45, 2.75) is 18.6 Å². The number of nitro benzene ring substituents is 1. The molecule has 1 amide bonds. The number of methoxy groups -OCH3 is 1. The van der Waals surface area contributed by atoms with E-state index in [-0.39, 0.29) is 23.0 Å². The summed E-state index contributed by atoms with van der Waals surface area (Å²) in [6.45, 7) is 2.62. The standard InChI is InChI=1S/C19H18BrN5O4S/c1-3-24-18(12-4-6-13(20)7-5-12)22-23-19(24)30-11-17(26)21-15-10-14(25(27)28)8-9-16(15)29-2/h4-10H,3,11H2,1-2H3,(H,21,26). The van der Waals surface area contributed by atoms with Crippen molar-refractivity contribution in [2.75, 3.05) is 18.2 Å². The number of nitro groups is 1. The zero-order valence-corrected chi connectivity index (χ0v) is 18.6. The lowest BCUT2D eigenvalue weighted by Gasteiger charge is -2.10. The van der Waals surface area contributed by atoms with Gasteiger partial charge in [-0.05, 0) is 25.1 Å². The number of non-ortho nitro benzene ring substituents is 1. The number of carbonyl (C=O) groups is 1. The summed E-state index contributed by atoms with van der Waals surface area (Å²) in [5, 5.41) is 22.7. The molecule has 11 heteroatoms. The number of hydrogen-bond donors (Lipinski definition) is 1. The number of aromatic nitrogens is 3. The molecular formula is C19H18BrN5O4S. The lowest BCUT2D eigenvalue weighted by Crippen LogP contribution is -2.15. The molecule has 0 spiro atoms. The van der Waals surface area contributed by atoms with E-state index in [1.165, 1.54) is 37.1 Å². The number of thioether (sulfide) groups is 1. The van der Waals surface area contributed by atoms with Gasteiger partial charge in [0.05, 0.1) is 23.5 Å². The number of halogens is 1. The number of amides is 1. The van der Waals surface area contributed by atoms with E-state index in [1.54, 1.807) is 0 Å². The Labute approximate surface area is 185 Å². The number of hydrogen-bond acceptors (Lipinski definition) is 7. The normalized spacial score (nSPS) is 10.6. The number of rotatable bonds is 8. The molecule has 30 heavy (non-hydrogen) atoms. The molecule has 0 radical (unpaired) electrons. The number of nitrogens with zero attached hydrogens (tertiary/aromatic N) is 4. The SMILES string of the molecule is CCn1c(SCC(=O)Nc2cc([N+](=O)[O-])ccc2OC)nnc1-c1ccc(Br)cc1. The van der Waals surface area contributed by atoms with Crippen molar-refractivity contribution in [3.05, 3.63) is 57.1 Å². The van der Waals surface area contributed by atoms with E-state index in [0.717, 1.165) is 10.0 Å². The Morgan fingerprint density at radius 3 is 2.63 bits per heavy atom. The predicted octanol–water partition coefficient (Wildman–Crippen LogP) is 4.38. The molecular weight excluding hydrogens is 474 g/mol. The first-order chi connectivity index (χ1) is 14.4. The molecule has 0 atom stereocenters. The molecule has 0 saturated carbocycles. The van der Waals surface area contributed by atoms with E-state index in [4.69, 9.17) is 4.74 Å². The second-order valence-corrected chi connectivity index (χ2v) is 7.89. The van der Waals surface area contributed by atoms with Gasteiger partial charge in [-0.15, -0.1) is 10.2 Å². The Morgan fingerprint density at radius 2 is 2.00 bits per heavy atom. The average Bonchev–Trinajstić information content (AvgIpc) is 3.15. The molecule has 9 nitrogen and oxygen atoms in total. The highest BCUT2D eigenvalue weighted by Gasteiger charge is 2.17. The van der Waals surface area contributed by atoms with Crippen molar-refractivity contribution in [2.24, 2.45) is 0 Å². The van der Waals surface area contributed by atoms with Gasteiger partial charge in [0.25, 0.3) is 5.69 Å². The van der Waals surface area contributed by atoms with Crippen LogP contribution >= 0.6 is 27.7 Å². The number of carbonyl (C=O) groups excluding carboxylic acids is 1. The van der Waals surface area contributed by atoms with Crippen LogP contribution in [0.15, 0.2) is 52.1 Å². The molecule has 0 fully saturated rings. The third-order valence-electron chi connectivity index (χ3n) is 4.14. The molecule has 0 bridgehead atoms. The molecule has 3 rings (SSSR count). The Hall–Kier alpha value is -2.92. The van der Waals surface area contributed by atoms with Crippen LogP contribution in [0.1, 0.15) is 6.92 Å². The van der Waals surface area contributed by atoms with Crippen LogP contribution in [0, 0.1) is 10.1 Å². The van der Waals surface area contributed by atoms with Gasteiger partial charge in [0.15, 0.2) is 11.0 Å². The summed E-state index contributed by atoms with van der Waals surface area (Å²) < 4.78 is 8.06. The van der Waals surface area contributed by atoms with Crippen LogP contribution in [0.2, 0.25) is 0 Å². The van der Waals surface area contributed by atoms with Crippen molar-refractivity contribution >= 4 is 45.0 Å². The molecule has 0 unspecified atom stereocenters. The van der Waals surface area contributed by atoms with Crippen LogP contribution in [0.5, 0.6) is 5.75 Å². The van der Waals surface area contributed by atoms with Crippen LogP contribution in [-0.2, 0) is 11.3 Å². The zero-order chi connectivity index (χ0) is 21.7. The highest BCUT2D eigenvalue weighted by Crippen LogP contribution is 2.30. The molecule has 1 N–H and O–H groups in total. The van der Waals surface area contributed by atoms with Crippen LogP contribution in [0.25, 0.3) is 11.4 Å². The molecule has 0 aliphatic rings. The van der Waals surface area contributed by atoms with Gasteiger partial charge in [0.2, 0.25) is 5.91 Å². The van der Waals surface area contributed by atoms with Crippen molar-refractivity contribution in [3.8, 4) is 17.1 Å². The van der Waals surface area contributed by atoms with E-state index < -0.39 is 4.92 Å². The third kappa shape index (κ3) is 4.97. The fourth-order valence-corrected chi connectivity index (χ4v) is 3.78. The minimum atomic E-state index is -0.531. The van der Waals surface area contributed by atoms with Crippen molar-refractivity contribution in [3.63, 3.8) is 0 Å². The topological polar surface area (TPSA) is 112 Å². The molecule has 0 aliphatic heterocycles. The molecule has 1 heterocycles. The van der Waals surface area contributed by atoms with Gasteiger partial charge in [0, 0.05) is 28.7 Å². The van der Waals surface area contributed by atoms with Gasteiger partial charge < -0.3 is 14.6 Å². The highest BCUT2D eigenvalue weighted by atomic mass is 79.9. The van der Waals surface area contributed by atoms with E-state index >= 15 is 0 Å². The fourth-order valence-electron chi connectivity index (χ4n) is 2.72. The summed E-state index contributed by atoms with van der Waals surface area (Å²) in [6.07, 6.45) is 0. The first kappa shape index (κ1) is 21.8. The fraction of sp³-hybridized carbons (Fsp3) is 0.211. The summed E-state index contributed by atoms with van der Waals surface area (Å²) in [4.78, 5) is 22.9. The van der Waals surface area contributed by atoms with Crippen LogP contribution in [0.3, 0.4) is 0 Å². The van der Waals surface area contributed by atoms with Crippen LogP contribution in [-0.4, -0.2) is 38.5 Å². The minimum Gasteiger partial charge on any atom is -0.495 e. The Morgan fingerprint density at radius 1 is 1.27 bits per heavy atom.